The highest BCUT2D eigenvalue weighted by atomic mass is 32.1. The van der Waals surface area contributed by atoms with E-state index in [1.807, 2.05) is 43.2 Å². The molecule has 4 aromatic heterocycles. The van der Waals surface area contributed by atoms with Gasteiger partial charge in [-0.15, -0.1) is 16.4 Å². The number of nitrogens with zero attached hydrogens (tertiary/aromatic N) is 5. The molecule has 41 heavy (non-hydrogen) atoms. The van der Waals surface area contributed by atoms with Gasteiger partial charge < -0.3 is 19.4 Å². The molecular formula is C32H40N6O2S. The molecule has 0 radical (unpaired) electrons. The van der Waals surface area contributed by atoms with E-state index in [0.29, 0.717) is 12.5 Å². The Hall–Kier alpha value is -3.11. The Balaban J connectivity index is 1.56. The highest BCUT2D eigenvalue weighted by Crippen LogP contribution is 2.45. The Kier molecular flexibility index (Phi) is 7.96. The molecule has 1 saturated heterocycles. The van der Waals surface area contributed by atoms with Gasteiger partial charge >= 0.3 is 0 Å². The number of fused-ring (bicyclic) bond motifs is 3. The van der Waals surface area contributed by atoms with Gasteiger partial charge in [0.1, 0.15) is 5.52 Å². The van der Waals surface area contributed by atoms with Crippen molar-refractivity contribution in [2.45, 2.75) is 51.7 Å². The number of thiophene rings is 1. The van der Waals surface area contributed by atoms with Crippen LogP contribution in [0.1, 0.15) is 55.3 Å². The van der Waals surface area contributed by atoms with E-state index in [1.165, 1.54) is 20.7 Å². The molecule has 216 valence electrons. The van der Waals surface area contributed by atoms with Crippen LogP contribution < -0.4 is 5.32 Å². The number of pyridine rings is 1. The first-order chi connectivity index (χ1) is 19.9. The predicted molar refractivity (Wildman–Crippen MR) is 165 cm³/mol. The number of rotatable bonds is 10. The highest BCUT2D eigenvalue weighted by Gasteiger charge is 2.33. The molecule has 1 atom stereocenters. The largest absolute Gasteiger partial charge is 0.381 e. The van der Waals surface area contributed by atoms with Crippen LogP contribution in [0.15, 0.2) is 48.7 Å². The number of nitrogens with one attached hydrogen (secondary N) is 1. The zero-order chi connectivity index (χ0) is 28.6. The maximum Gasteiger partial charge on any atom is 0.106 e. The minimum atomic E-state index is -0.396. The molecule has 1 fully saturated rings. The molecule has 9 heteroatoms. The molecule has 5 heterocycles. The highest BCUT2D eigenvalue weighted by molar-refractivity contribution is 7.20. The Labute approximate surface area is 245 Å². The maximum atomic E-state index is 6.43. The summed E-state index contributed by atoms with van der Waals surface area (Å²) in [5, 5.41) is 11.8. The van der Waals surface area contributed by atoms with Gasteiger partial charge in [-0.05, 0) is 77.2 Å². The Morgan fingerprint density at radius 3 is 2.63 bits per heavy atom. The smallest absolute Gasteiger partial charge is 0.106 e. The van der Waals surface area contributed by atoms with E-state index in [1.54, 1.807) is 0 Å². The van der Waals surface area contributed by atoms with Crippen LogP contribution in [0.3, 0.4) is 0 Å². The van der Waals surface area contributed by atoms with E-state index in [4.69, 9.17) is 14.5 Å². The predicted octanol–water partition coefficient (Wildman–Crippen LogP) is 6.23. The third kappa shape index (κ3) is 5.32. The van der Waals surface area contributed by atoms with Gasteiger partial charge in [0.2, 0.25) is 0 Å². The average Bonchev–Trinajstić information content (AvgIpc) is 3.65. The van der Waals surface area contributed by atoms with Crippen LogP contribution >= 0.6 is 11.3 Å². The van der Waals surface area contributed by atoms with Gasteiger partial charge in [-0.1, -0.05) is 35.5 Å². The molecule has 8 nitrogen and oxygen atoms in total. The Morgan fingerprint density at radius 2 is 1.93 bits per heavy atom. The second kappa shape index (κ2) is 11.6. The van der Waals surface area contributed by atoms with Crippen LogP contribution in [0.4, 0.5) is 0 Å². The number of aromatic nitrogens is 5. The maximum absolute atomic E-state index is 6.43. The van der Waals surface area contributed by atoms with Crippen molar-refractivity contribution >= 4 is 32.6 Å². The minimum absolute atomic E-state index is 0.157. The van der Waals surface area contributed by atoms with Gasteiger partial charge in [-0.2, -0.15) is 0 Å². The van der Waals surface area contributed by atoms with E-state index in [0.717, 1.165) is 67.0 Å². The third-order valence-electron chi connectivity index (χ3n) is 8.34. The first-order valence-electron chi connectivity index (χ1n) is 14.6. The molecule has 1 aliphatic rings. The van der Waals surface area contributed by atoms with Gasteiger partial charge in [0.15, 0.2) is 0 Å². The first-order valence-corrected chi connectivity index (χ1v) is 15.4. The standard InChI is InChI=1S/C32H40N6O2S/c1-21-29(37(5)36-35-21)24-18-25-28(34-20-24)31-26(19-27(41-31)32(2,3)40-15-9-14-33-4)38(25)30(22-10-7-6-8-11-22)23-12-16-39-17-13-23/h6-8,10-11,18-20,23,30,33H,9,12-17H2,1-5H3. The molecule has 0 spiro atoms. The summed E-state index contributed by atoms with van der Waals surface area (Å²) in [6.45, 7) is 9.61. The van der Waals surface area contributed by atoms with Crippen molar-refractivity contribution in [3.05, 3.63) is 64.8 Å². The number of hydrogen-bond donors (Lipinski definition) is 1. The fourth-order valence-electron chi connectivity index (χ4n) is 6.21. The van der Waals surface area contributed by atoms with E-state index < -0.39 is 5.60 Å². The van der Waals surface area contributed by atoms with Crippen LogP contribution in [0.5, 0.6) is 0 Å². The van der Waals surface area contributed by atoms with Gasteiger partial charge in [0.05, 0.1) is 38.8 Å². The zero-order valence-corrected chi connectivity index (χ0v) is 25.5. The normalized spacial score (nSPS) is 15.7. The van der Waals surface area contributed by atoms with Crippen molar-refractivity contribution in [3.63, 3.8) is 0 Å². The zero-order valence-electron chi connectivity index (χ0n) is 24.7. The molecule has 1 aliphatic heterocycles. The van der Waals surface area contributed by atoms with Gasteiger partial charge in [0, 0.05) is 43.5 Å². The van der Waals surface area contributed by atoms with E-state index in [9.17, 15) is 0 Å². The van der Waals surface area contributed by atoms with Crippen LogP contribution in [0.25, 0.3) is 32.5 Å². The van der Waals surface area contributed by atoms with E-state index >= 15 is 0 Å². The number of benzene rings is 1. The van der Waals surface area contributed by atoms with Gasteiger partial charge in [0.25, 0.3) is 0 Å². The van der Waals surface area contributed by atoms with Crippen molar-refractivity contribution < 1.29 is 9.47 Å². The van der Waals surface area contributed by atoms with E-state index in [2.05, 4.69) is 76.5 Å². The summed E-state index contributed by atoms with van der Waals surface area (Å²) in [5.74, 6) is 0.447. The second-order valence-corrected chi connectivity index (χ2v) is 12.6. The summed E-state index contributed by atoms with van der Waals surface area (Å²) < 4.78 is 17.9. The molecule has 0 aliphatic carbocycles. The molecule has 6 rings (SSSR count). The first kappa shape index (κ1) is 28.0. The summed E-state index contributed by atoms with van der Waals surface area (Å²) in [6, 6.07) is 15.7. The SMILES string of the molecule is CNCCCOC(C)(C)c1cc2c(s1)c1ncc(-c3c(C)nnn3C)cc1n2C(c1ccccc1)C1CCOCC1. The fourth-order valence-corrected chi connectivity index (χ4v) is 7.43. The number of hydrogen-bond acceptors (Lipinski definition) is 7. The summed E-state index contributed by atoms with van der Waals surface area (Å²) in [6.07, 6.45) is 5.00. The monoisotopic (exact) mass is 572 g/mol. The van der Waals surface area contributed by atoms with Crippen molar-refractivity contribution in [1.82, 2.24) is 29.9 Å². The lowest BCUT2D eigenvalue weighted by Gasteiger charge is -2.33. The lowest BCUT2D eigenvalue weighted by molar-refractivity contribution is -0.0196. The fraction of sp³-hybridized carbons (Fsp3) is 0.469. The molecule has 0 amide bonds. The molecule has 0 saturated carbocycles. The van der Waals surface area contributed by atoms with Crippen molar-refractivity contribution in [2.75, 3.05) is 33.4 Å². The van der Waals surface area contributed by atoms with Crippen molar-refractivity contribution in [3.8, 4) is 11.3 Å². The quantitative estimate of drug-likeness (QED) is 0.200. The lowest BCUT2D eigenvalue weighted by Crippen LogP contribution is -2.27. The molecule has 1 unspecified atom stereocenters. The molecule has 5 aromatic rings. The van der Waals surface area contributed by atoms with Crippen molar-refractivity contribution in [1.29, 1.82) is 0 Å². The molecule has 0 bridgehead atoms. The van der Waals surface area contributed by atoms with Crippen molar-refractivity contribution in [2.24, 2.45) is 13.0 Å². The third-order valence-corrected chi connectivity index (χ3v) is 9.78. The van der Waals surface area contributed by atoms with Crippen LogP contribution in [-0.4, -0.2) is 58.0 Å². The number of ether oxygens (including phenoxy) is 2. The van der Waals surface area contributed by atoms with Gasteiger partial charge in [-0.3, -0.25) is 4.98 Å². The average molecular weight is 573 g/mol. The molecule has 1 aromatic carbocycles. The summed E-state index contributed by atoms with van der Waals surface area (Å²) in [7, 11) is 3.92. The number of aryl methyl sites for hydroxylation is 2. The lowest BCUT2D eigenvalue weighted by atomic mass is 9.86. The molecular weight excluding hydrogens is 532 g/mol. The van der Waals surface area contributed by atoms with Crippen LogP contribution in [0, 0.1) is 12.8 Å². The summed E-state index contributed by atoms with van der Waals surface area (Å²) in [5.41, 5.74) is 7.24. The summed E-state index contributed by atoms with van der Waals surface area (Å²) in [4.78, 5) is 6.34. The second-order valence-electron chi connectivity index (χ2n) is 11.6. The minimum Gasteiger partial charge on any atom is -0.381 e. The Morgan fingerprint density at radius 1 is 1.15 bits per heavy atom. The summed E-state index contributed by atoms with van der Waals surface area (Å²) >= 11 is 1.81. The van der Waals surface area contributed by atoms with Crippen LogP contribution in [-0.2, 0) is 22.1 Å². The topological polar surface area (TPSA) is 79.0 Å². The van der Waals surface area contributed by atoms with Gasteiger partial charge in [-0.25, -0.2) is 4.68 Å². The van der Waals surface area contributed by atoms with Crippen LogP contribution in [0.2, 0.25) is 0 Å². The Bertz CT molecular complexity index is 1610. The molecule has 1 N–H and O–H groups in total. The van der Waals surface area contributed by atoms with E-state index in [-0.39, 0.29) is 6.04 Å².